The maximum absolute atomic E-state index is 13.0. The Hall–Kier alpha value is -2.80. The minimum Gasteiger partial charge on any atom is -0.364 e. The van der Waals surface area contributed by atoms with Gasteiger partial charge in [0.25, 0.3) is 5.91 Å². The summed E-state index contributed by atoms with van der Waals surface area (Å²) in [6.45, 7) is 0. The number of fused-ring (bicyclic) bond motifs is 1. The van der Waals surface area contributed by atoms with Crippen LogP contribution in [-0.4, -0.2) is 21.8 Å². The number of hydrogen-bond donors (Lipinski definition) is 2. The van der Waals surface area contributed by atoms with Crippen LogP contribution >= 0.6 is 11.6 Å². The molecule has 29 heavy (non-hydrogen) atoms. The molecule has 1 aliphatic rings. The lowest BCUT2D eigenvalue weighted by molar-refractivity contribution is -0.0382. The van der Waals surface area contributed by atoms with Crippen molar-refractivity contribution in [3.63, 3.8) is 0 Å². The van der Waals surface area contributed by atoms with E-state index in [9.17, 15) is 18.4 Å². The minimum atomic E-state index is -2.46. The van der Waals surface area contributed by atoms with E-state index in [4.69, 9.17) is 17.3 Å². The molecule has 2 heterocycles. The fraction of sp³-hybridized carbons (Fsp3) is 0.286. The Morgan fingerprint density at radius 3 is 2.52 bits per heavy atom. The fourth-order valence-electron chi connectivity index (χ4n) is 3.47. The number of carbonyl (C=O) groups is 1. The highest BCUT2D eigenvalue weighted by Crippen LogP contribution is 2.42. The number of carbonyl (C=O) groups excluding carboxylic acids is 1. The summed E-state index contributed by atoms with van der Waals surface area (Å²) < 4.78 is 25.9. The Kier molecular flexibility index (Phi) is 6.27. The monoisotopic (exact) mass is 419 g/mol. The summed E-state index contributed by atoms with van der Waals surface area (Å²) in [6, 6.07) is 10.5. The molecular weight excluding hydrogens is 400 g/mol. The summed E-state index contributed by atoms with van der Waals surface area (Å²) in [5.74, 6) is -2.96. The number of halogens is 3. The normalized spacial score (nSPS) is 16.1. The van der Waals surface area contributed by atoms with Gasteiger partial charge in [0.15, 0.2) is 5.43 Å². The molecule has 0 atom stereocenters. The number of rotatable bonds is 2. The van der Waals surface area contributed by atoms with E-state index in [-0.39, 0.29) is 35.3 Å². The number of amides is 1. The van der Waals surface area contributed by atoms with Gasteiger partial charge in [0.2, 0.25) is 5.92 Å². The molecule has 1 amide bonds. The molecule has 8 heteroatoms. The van der Waals surface area contributed by atoms with Crippen molar-refractivity contribution in [2.75, 3.05) is 0 Å². The number of alkyl halides is 2. The van der Waals surface area contributed by atoms with E-state index in [0.29, 0.717) is 23.4 Å². The lowest BCUT2D eigenvalue weighted by Gasteiger charge is -2.28. The van der Waals surface area contributed by atoms with Crippen molar-refractivity contribution in [3.8, 4) is 0 Å². The quantitative estimate of drug-likeness (QED) is 0.633. The highest BCUT2D eigenvalue weighted by molar-refractivity contribution is 6.31. The second kappa shape index (κ2) is 8.69. The van der Waals surface area contributed by atoms with Gasteiger partial charge >= 0.3 is 0 Å². The number of aromatic amines is 1. The van der Waals surface area contributed by atoms with Crippen molar-refractivity contribution in [2.45, 2.75) is 37.5 Å². The first kappa shape index (κ1) is 20.9. The van der Waals surface area contributed by atoms with E-state index < -0.39 is 11.8 Å². The zero-order chi connectivity index (χ0) is 21.0. The third kappa shape index (κ3) is 4.98. The summed E-state index contributed by atoms with van der Waals surface area (Å²) in [6.07, 6.45) is 3.99. The van der Waals surface area contributed by atoms with Crippen LogP contribution in [0.1, 0.15) is 47.7 Å². The standard InChI is InChI=1S/C12H13ClF2.C9H7N3O2/c13-11-4-2-1-3-10(11)9-5-7-12(14,15)8-6-9;10-9(14)8-7-5(1-3-12-8)11-4-2-6(7)13/h1-4,9H,5-8H2;1-4H,(H2,10,14)(H,11,13). The Morgan fingerprint density at radius 1 is 1.17 bits per heavy atom. The van der Waals surface area contributed by atoms with Crippen molar-refractivity contribution in [2.24, 2.45) is 5.73 Å². The van der Waals surface area contributed by atoms with Crippen LogP contribution in [0.4, 0.5) is 8.78 Å². The van der Waals surface area contributed by atoms with Gasteiger partial charge in [-0.15, -0.1) is 0 Å². The van der Waals surface area contributed by atoms with E-state index in [2.05, 4.69) is 9.97 Å². The molecular formula is C21H20ClF2N3O2. The lowest BCUT2D eigenvalue weighted by Crippen LogP contribution is -2.23. The molecule has 3 aromatic rings. The van der Waals surface area contributed by atoms with Crippen LogP contribution in [0.15, 0.2) is 53.6 Å². The van der Waals surface area contributed by atoms with Gasteiger partial charge in [0.05, 0.1) is 10.9 Å². The first-order chi connectivity index (χ1) is 13.8. The van der Waals surface area contributed by atoms with Crippen LogP contribution in [0, 0.1) is 0 Å². The number of aromatic nitrogens is 2. The molecule has 0 unspecified atom stereocenters. The third-order valence-electron chi connectivity index (χ3n) is 4.97. The molecule has 4 rings (SSSR count). The number of benzene rings is 1. The van der Waals surface area contributed by atoms with Crippen LogP contribution < -0.4 is 11.2 Å². The summed E-state index contributed by atoms with van der Waals surface area (Å²) >= 11 is 6.04. The average Bonchev–Trinajstić information content (AvgIpc) is 2.69. The van der Waals surface area contributed by atoms with Gasteiger partial charge in [-0.1, -0.05) is 29.8 Å². The zero-order valence-electron chi connectivity index (χ0n) is 15.5. The second-order valence-electron chi connectivity index (χ2n) is 6.94. The van der Waals surface area contributed by atoms with Gasteiger partial charge < -0.3 is 10.7 Å². The SMILES string of the molecule is FC1(F)CCC(c2ccccc2Cl)CC1.NC(=O)c1nccc2[nH]ccc(=O)c12. The highest BCUT2D eigenvalue weighted by atomic mass is 35.5. The van der Waals surface area contributed by atoms with E-state index in [0.717, 1.165) is 5.56 Å². The predicted molar refractivity (Wildman–Crippen MR) is 108 cm³/mol. The molecule has 152 valence electrons. The Bertz CT molecular complexity index is 1070. The van der Waals surface area contributed by atoms with Gasteiger partial charge in [-0.05, 0) is 36.5 Å². The molecule has 0 saturated heterocycles. The smallest absolute Gasteiger partial charge is 0.268 e. The van der Waals surface area contributed by atoms with Gasteiger partial charge in [-0.25, -0.2) is 8.78 Å². The lowest BCUT2D eigenvalue weighted by atomic mass is 9.82. The molecule has 0 aliphatic heterocycles. The van der Waals surface area contributed by atoms with Crippen LogP contribution in [0.3, 0.4) is 0 Å². The van der Waals surface area contributed by atoms with E-state index in [1.165, 1.54) is 18.5 Å². The minimum absolute atomic E-state index is 0.00403. The van der Waals surface area contributed by atoms with Gasteiger partial charge in [0.1, 0.15) is 5.69 Å². The summed E-state index contributed by atoms with van der Waals surface area (Å²) in [4.78, 5) is 29.0. The number of nitrogens with zero attached hydrogens (tertiary/aromatic N) is 1. The van der Waals surface area contributed by atoms with E-state index >= 15 is 0 Å². The molecule has 5 nitrogen and oxygen atoms in total. The first-order valence-corrected chi connectivity index (χ1v) is 9.55. The average molecular weight is 420 g/mol. The molecule has 0 radical (unpaired) electrons. The fourth-order valence-corrected chi connectivity index (χ4v) is 3.76. The maximum atomic E-state index is 13.0. The van der Waals surface area contributed by atoms with Gasteiger partial charge in [-0.3, -0.25) is 14.6 Å². The number of H-pyrrole nitrogens is 1. The number of nitrogens with one attached hydrogen (secondary N) is 1. The Labute approximate surface area is 170 Å². The molecule has 0 bridgehead atoms. The summed E-state index contributed by atoms with van der Waals surface area (Å²) in [5, 5.41) is 0.940. The van der Waals surface area contributed by atoms with Crippen molar-refractivity contribution in [3.05, 3.63) is 75.3 Å². The van der Waals surface area contributed by atoms with Crippen LogP contribution in [0.25, 0.3) is 10.9 Å². The first-order valence-electron chi connectivity index (χ1n) is 9.17. The highest BCUT2D eigenvalue weighted by Gasteiger charge is 2.35. The molecule has 1 aromatic carbocycles. The molecule has 2 aromatic heterocycles. The van der Waals surface area contributed by atoms with Crippen molar-refractivity contribution in [1.29, 1.82) is 0 Å². The second-order valence-corrected chi connectivity index (χ2v) is 7.35. The largest absolute Gasteiger partial charge is 0.364 e. The van der Waals surface area contributed by atoms with Crippen LogP contribution in [-0.2, 0) is 0 Å². The number of primary amides is 1. The number of nitrogens with two attached hydrogens (primary N) is 1. The third-order valence-corrected chi connectivity index (χ3v) is 5.31. The maximum Gasteiger partial charge on any atom is 0.268 e. The summed E-state index contributed by atoms with van der Waals surface area (Å²) in [5.41, 5.74) is 6.41. The molecule has 1 aliphatic carbocycles. The Balaban J connectivity index is 0.000000166. The Morgan fingerprint density at radius 2 is 1.86 bits per heavy atom. The number of pyridine rings is 2. The number of hydrogen-bond acceptors (Lipinski definition) is 3. The van der Waals surface area contributed by atoms with E-state index in [1.54, 1.807) is 6.07 Å². The molecule has 1 saturated carbocycles. The van der Waals surface area contributed by atoms with Crippen LogP contribution in [0.5, 0.6) is 0 Å². The van der Waals surface area contributed by atoms with Crippen molar-refractivity contribution in [1.82, 2.24) is 9.97 Å². The zero-order valence-corrected chi connectivity index (χ0v) is 16.3. The topological polar surface area (TPSA) is 88.8 Å². The van der Waals surface area contributed by atoms with E-state index in [1.807, 2.05) is 24.3 Å². The van der Waals surface area contributed by atoms with Gasteiger partial charge in [0, 0.05) is 36.3 Å². The van der Waals surface area contributed by atoms with Crippen LogP contribution in [0.2, 0.25) is 5.02 Å². The predicted octanol–water partition coefficient (Wildman–Crippen LogP) is 4.65. The van der Waals surface area contributed by atoms with Crippen molar-refractivity contribution < 1.29 is 13.6 Å². The molecule has 1 fully saturated rings. The molecule has 0 spiro atoms. The molecule has 3 N–H and O–H groups in total. The van der Waals surface area contributed by atoms with Crippen molar-refractivity contribution >= 4 is 28.4 Å². The summed E-state index contributed by atoms with van der Waals surface area (Å²) in [7, 11) is 0. The van der Waals surface area contributed by atoms with Gasteiger partial charge in [-0.2, -0.15) is 0 Å².